The number of pyridine rings is 1. The summed E-state index contributed by atoms with van der Waals surface area (Å²) in [5, 5.41) is 2.44. The normalized spacial score (nSPS) is 15.7. The predicted octanol–water partition coefficient (Wildman–Crippen LogP) is 5.14. The van der Waals surface area contributed by atoms with E-state index in [9.17, 15) is 22.8 Å². The van der Waals surface area contributed by atoms with Gasteiger partial charge in [-0.1, -0.05) is 17.7 Å². The second-order valence-corrected chi connectivity index (χ2v) is 7.62. The monoisotopic (exact) mass is 435 g/mol. The van der Waals surface area contributed by atoms with E-state index in [1.165, 1.54) is 23.1 Å². The number of aromatic amines is 1. The molecule has 1 unspecified atom stereocenters. The fourth-order valence-corrected chi connectivity index (χ4v) is 4.12. The zero-order chi connectivity index (χ0) is 21.6. The van der Waals surface area contributed by atoms with Gasteiger partial charge in [-0.15, -0.1) is 0 Å². The Morgan fingerprint density at radius 2 is 1.93 bits per heavy atom. The van der Waals surface area contributed by atoms with E-state index in [0.717, 1.165) is 12.1 Å². The Balaban J connectivity index is 1.74. The molecule has 30 heavy (non-hydrogen) atoms. The lowest BCUT2D eigenvalue weighted by atomic mass is 9.87. The Labute approximate surface area is 174 Å². The molecule has 0 aliphatic heterocycles. The van der Waals surface area contributed by atoms with Crippen molar-refractivity contribution in [3.05, 3.63) is 74.4 Å². The molecule has 1 atom stereocenters. The molecule has 1 aliphatic rings. The van der Waals surface area contributed by atoms with Gasteiger partial charge in [-0.3, -0.25) is 4.79 Å². The van der Waals surface area contributed by atoms with Crippen LogP contribution in [-0.2, 0) is 6.42 Å². The maximum absolute atomic E-state index is 14.3. The standard InChI is InChI=1S/C21H17ClF3N3O2/c1-28(21(30)26-10-5-7-13(23)12(22)9-10)16-4-2-3-15-17(16)11-6-8-14(24)19(25)18(11)20(29)27-15/h5-9,16H,2-4H2,1H3,(H,26,30)(H,27,29). The van der Waals surface area contributed by atoms with Crippen molar-refractivity contribution in [1.29, 1.82) is 0 Å². The van der Waals surface area contributed by atoms with Crippen molar-refractivity contribution in [1.82, 2.24) is 9.88 Å². The summed E-state index contributed by atoms with van der Waals surface area (Å²) < 4.78 is 41.4. The number of urea groups is 1. The van der Waals surface area contributed by atoms with Gasteiger partial charge in [0.05, 0.1) is 16.5 Å². The number of halogens is 4. The molecule has 0 saturated carbocycles. The van der Waals surface area contributed by atoms with Gasteiger partial charge in [-0.2, -0.15) is 0 Å². The quantitative estimate of drug-likeness (QED) is 0.585. The number of carbonyl (C=O) groups is 1. The number of aromatic nitrogens is 1. The van der Waals surface area contributed by atoms with Crippen molar-refractivity contribution in [3.8, 4) is 0 Å². The van der Waals surface area contributed by atoms with Gasteiger partial charge < -0.3 is 15.2 Å². The lowest BCUT2D eigenvalue weighted by molar-refractivity contribution is 0.197. The lowest BCUT2D eigenvalue weighted by Crippen LogP contribution is -2.37. The molecule has 2 N–H and O–H groups in total. The third-order valence-electron chi connectivity index (χ3n) is 5.40. The second kappa shape index (κ2) is 7.68. The first-order chi connectivity index (χ1) is 14.3. The number of carbonyl (C=O) groups excluding carboxylic acids is 1. The molecular weight excluding hydrogens is 419 g/mol. The van der Waals surface area contributed by atoms with Crippen LogP contribution >= 0.6 is 11.6 Å². The first-order valence-corrected chi connectivity index (χ1v) is 9.67. The summed E-state index contributed by atoms with van der Waals surface area (Å²) in [5.74, 6) is -2.93. The molecule has 156 valence electrons. The average Bonchev–Trinajstić information content (AvgIpc) is 2.72. The molecular formula is C21H17ClF3N3O2. The maximum atomic E-state index is 14.3. The van der Waals surface area contributed by atoms with E-state index >= 15 is 0 Å². The Kier molecular flexibility index (Phi) is 5.19. The number of hydrogen-bond acceptors (Lipinski definition) is 2. The van der Waals surface area contributed by atoms with Crippen LogP contribution in [-0.4, -0.2) is 23.0 Å². The first-order valence-electron chi connectivity index (χ1n) is 9.29. The summed E-state index contributed by atoms with van der Waals surface area (Å²) >= 11 is 5.76. The SMILES string of the molecule is CN(C(=O)Nc1ccc(F)c(Cl)c1)C1CCCc2[nH]c(=O)c3c(F)c(F)ccc3c21. The summed E-state index contributed by atoms with van der Waals surface area (Å²) in [7, 11) is 1.57. The fraction of sp³-hybridized carbons (Fsp3) is 0.238. The zero-order valence-corrected chi connectivity index (χ0v) is 16.6. The van der Waals surface area contributed by atoms with Gasteiger partial charge in [0.1, 0.15) is 5.82 Å². The smallest absolute Gasteiger partial charge is 0.322 e. The minimum atomic E-state index is -1.21. The number of nitrogens with zero attached hydrogens (tertiary/aromatic N) is 1. The van der Waals surface area contributed by atoms with Gasteiger partial charge in [0.25, 0.3) is 5.56 Å². The molecule has 0 fully saturated rings. The number of anilines is 1. The minimum absolute atomic E-state index is 0.125. The van der Waals surface area contributed by atoms with Crippen molar-refractivity contribution in [2.24, 2.45) is 0 Å². The van der Waals surface area contributed by atoms with E-state index < -0.39 is 35.1 Å². The molecule has 2 amide bonds. The number of benzene rings is 2. The van der Waals surface area contributed by atoms with E-state index in [-0.39, 0.29) is 15.8 Å². The van der Waals surface area contributed by atoms with Crippen LogP contribution in [0.15, 0.2) is 35.1 Å². The van der Waals surface area contributed by atoms with Crippen molar-refractivity contribution in [2.75, 3.05) is 12.4 Å². The summed E-state index contributed by atoms with van der Waals surface area (Å²) in [6.45, 7) is 0. The molecule has 1 aromatic heterocycles. The van der Waals surface area contributed by atoms with Gasteiger partial charge in [0, 0.05) is 24.0 Å². The molecule has 0 spiro atoms. The molecule has 2 aromatic carbocycles. The van der Waals surface area contributed by atoms with E-state index in [0.29, 0.717) is 36.2 Å². The molecule has 3 aromatic rings. The third kappa shape index (κ3) is 3.41. The molecule has 0 bridgehead atoms. The molecule has 1 heterocycles. The molecule has 0 saturated heterocycles. The van der Waals surface area contributed by atoms with Crippen LogP contribution in [0, 0.1) is 17.5 Å². The van der Waals surface area contributed by atoms with Crippen molar-refractivity contribution in [3.63, 3.8) is 0 Å². The van der Waals surface area contributed by atoms with E-state index in [1.807, 2.05) is 0 Å². The molecule has 1 aliphatic carbocycles. The van der Waals surface area contributed by atoms with Gasteiger partial charge in [-0.25, -0.2) is 18.0 Å². The van der Waals surface area contributed by atoms with Gasteiger partial charge in [-0.05, 0) is 48.9 Å². The Morgan fingerprint density at radius 1 is 1.20 bits per heavy atom. The second-order valence-electron chi connectivity index (χ2n) is 7.21. The molecule has 9 heteroatoms. The largest absolute Gasteiger partial charge is 0.325 e. The Bertz CT molecular complexity index is 1230. The van der Waals surface area contributed by atoms with Crippen LogP contribution < -0.4 is 10.9 Å². The van der Waals surface area contributed by atoms with Crippen LogP contribution in [0.2, 0.25) is 5.02 Å². The highest BCUT2D eigenvalue weighted by Gasteiger charge is 2.31. The highest BCUT2D eigenvalue weighted by atomic mass is 35.5. The Hall–Kier alpha value is -3.00. The number of hydrogen-bond donors (Lipinski definition) is 2. The van der Waals surface area contributed by atoms with Crippen molar-refractivity contribution >= 4 is 34.1 Å². The Morgan fingerprint density at radius 3 is 2.67 bits per heavy atom. The topological polar surface area (TPSA) is 65.2 Å². The maximum Gasteiger partial charge on any atom is 0.322 e. The summed E-state index contributed by atoms with van der Waals surface area (Å²) in [4.78, 5) is 29.2. The summed E-state index contributed by atoms with van der Waals surface area (Å²) in [5.41, 5.74) is 0.798. The van der Waals surface area contributed by atoms with E-state index in [2.05, 4.69) is 10.3 Å². The molecule has 4 rings (SSSR count). The minimum Gasteiger partial charge on any atom is -0.325 e. The van der Waals surface area contributed by atoms with Crippen LogP contribution in [0.3, 0.4) is 0 Å². The number of H-pyrrole nitrogens is 1. The van der Waals surface area contributed by atoms with E-state index in [4.69, 9.17) is 11.6 Å². The number of aryl methyl sites for hydroxylation is 1. The summed E-state index contributed by atoms with van der Waals surface area (Å²) in [6, 6.07) is 5.19. The number of rotatable bonds is 2. The van der Waals surface area contributed by atoms with Gasteiger partial charge >= 0.3 is 6.03 Å². The highest BCUT2D eigenvalue weighted by Crippen LogP contribution is 2.37. The lowest BCUT2D eigenvalue weighted by Gasteiger charge is -2.34. The number of amides is 2. The first kappa shape index (κ1) is 20.3. The third-order valence-corrected chi connectivity index (χ3v) is 5.69. The fourth-order valence-electron chi connectivity index (χ4n) is 3.94. The van der Waals surface area contributed by atoms with Crippen LogP contribution in [0.5, 0.6) is 0 Å². The van der Waals surface area contributed by atoms with Gasteiger partial charge in [0.2, 0.25) is 0 Å². The van der Waals surface area contributed by atoms with Gasteiger partial charge in [0.15, 0.2) is 11.6 Å². The molecule has 5 nitrogen and oxygen atoms in total. The predicted molar refractivity (Wildman–Crippen MR) is 108 cm³/mol. The van der Waals surface area contributed by atoms with Crippen molar-refractivity contribution < 1.29 is 18.0 Å². The van der Waals surface area contributed by atoms with Crippen LogP contribution in [0.4, 0.5) is 23.7 Å². The zero-order valence-electron chi connectivity index (χ0n) is 15.9. The van der Waals surface area contributed by atoms with Crippen LogP contribution in [0.25, 0.3) is 10.8 Å². The van der Waals surface area contributed by atoms with Crippen molar-refractivity contribution in [2.45, 2.75) is 25.3 Å². The van der Waals surface area contributed by atoms with Crippen LogP contribution in [0.1, 0.15) is 30.1 Å². The van der Waals surface area contributed by atoms with E-state index in [1.54, 1.807) is 7.05 Å². The number of nitrogens with one attached hydrogen (secondary N) is 2. The average molecular weight is 436 g/mol. The number of fused-ring (bicyclic) bond motifs is 3. The molecule has 0 radical (unpaired) electrons. The summed E-state index contributed by atoms with van der Waals surface area (Å²) in [6.07, 6.45) is 1.82. The highest BCUT2D eigenvalue weighted by molar-refractivity contribution is 6.31.